The van der Waals surface area contributed by atoms with Gasteiger partial charge in [-0.05, 0) is 6.07 Å². The SMILES string of the molecule is Fc1ccccc1CNCCc1ncon1. The van der Waals surface area contributed by atoms with E-state index in [-0.39, 0.29) is 5.82 Å². The lowest BCUT2D eigenvalue weighted by atomic mass is 10.2. The van der Waals surface area contributed by atoms with Gasteiger partial charge >= 0.3 is 0 Å². The topological polar surface area (TPSA) is 51.0 Å². The predicted octanol–water partition coefficient (Wildman–Crippen LogP) is 1.54. The number of rotatable bonds is 5. The molecule has 0 unspecified atom stereocenters. The van der Waals surface area contributed by atoms with E-state index in [9.17, 15) is 4.39 Å². The van der Waals surface area contributed by atoms with Gasteiger partial charge in [0.05, 0.1) is 0 Å². The maximum atomic E-state index is 13.2. The second kappa shape index (κ2) is 5.37. The Hall–Kier alpha value is -1.75. The minimum absolute atomic E-state index is 0.186. The molecule has 2 rings (SSSR count). The third-order valence-corrected chi connectivity index (χ3v) is 2.21. The van der Waals surface area contributed by atoms with E-state index in [2.05, 4.69) is 20.0 Å². The molecule has 1 aromatic carbocycles. The monoisotopic (exact) mass is 221 g/mol. The van der Waals surface area contributed by atoms with E-state index in [1.807, 2.05) is 6.07 Å². The summed E-state index contributed by atoms with van der Waals surface area (Å²) in [4.78, 5) is 3.89. The minimum Gasteiger partial charge on any atom is -0.343 e. The van der Waals surface area contributed by atoms with Gasteiger partial charge in [-0.1, -0.05) is 23.4 Å². The van der Waals surface area contributed by atoms with Crippen molar-refractivity contribution in [1.29, 1.82) is 0 Å². The average Bonchev–Trinajstić information content (AvgIpc) is 2.79. The molecule has 1 N–H and O–H groups in total. The standard InChI is InChI=1S/C11H12FN3O/c12-10-4-2-1-3-9(10)7-13-6-5-11-14-8-16-15-11/h1-4,8,13H,5-7H2. The largest absolute Gasteiger partial charge is 0.343 e. The van der Waals surface area contributed by atoms with Crippen molar-refractivity contribution < 1.29 is 8.91 Å². The van der Waals surface area contributed by atoms with Crippen LogP contribution >= 0.6 is 0 Å². The predicted molar refractivity (Wildman–Crippen MR) is 56.1 cm³/mol. The number of aromatic nitrogens is 2. The van der Waals surface area contributed by atoms with Gasteiger partial charge in [0, 0.05) is 25.1 Å². The second-order valence-corrected chi connectivity index (χ2v) is 3.37. The van der Waals surface area contributed by atoms with Crippen LogP contribution in [0.15, 0.2) is 35.2 Å². The lowest BCUT2D eigenvalue weighted by Crippen LogP contribution is -2.17. The molecular weight excluding hydrogens is 209 g/mol. The van der Waals surface area contributed by atoms with E-state index < -0.39 is 0 Å². The van der Waals surface area contributed by atoms with Crippen molar-refractivity contribution in [3.63, 3.8) is 0 Å². The molecule has 0 amide bonds. The first kappa shape index (κ1) is 10.8. The van der Waals surface area contributed by atoms with Crippen molar-refractivity contribution >= 4 is 0 Å². The van der Waals surface area contributed by atoms with Gasteiger partial charge in [-0.2, -0.15) is 4.98 Å². The maximum absolute atomic E-state index is 13.2. The molecular formula is C11H12FN3O. The molecule has 0 radical (unpaired) electrons. The fourth-order valence-corrected chi connectivity index (χ4v) is 1.37. The molecule has 0 saturated carbocycles. The molecule has 84 valence electrons. The van der Waals surface area contributed by atoms with E-state index in [0.717, 1.165) is 0 Å². The van der Waals surface area contributed by atoms with Gasteiger partial charge in [0.2, 0.25) is 6.39 Å². The van der Waals surface area contributed by atoms with Crippen molar-refractivity contribution in [3.05, 3.63) is 47.9 Å². The van der Waals surface area contributed by atoms with Crippen LogP contribution in [-0.2, 0) is 13.0 Å². The van der Waals surface area contributed by atoms with Crippen LogP contribution in [0.5, 0.6) is 0 Å². The number of halogens is 1. The normalized spacial score (nSPS) is 10.6. The van der Waals surface area contributed by atoms with Gasteiger partial charge in [0.15, 0.2) is 5.82 Å². The first-order valence-corrected chi connectivity index (χ1v) is 5.05. The molecule has 0 spiro atoms. The van der Waals surface area contributed by atoms with E-state index >= 15 is 0 Å². The molecule has 5 heteroatoms. The van der Waals surface area contributed by atoms with E-state index in [4.69, 9.17) is 0 Å². The molecule has 0 aliphatic carbocycles. The van der Waals surface area contributed by atoms with Gasteiger partial charge < -0.3 is 9.84 Å². The van der Waals surface area contributed by atoms with Crippen LogP contribution in [-0.4, -0.2) is 16.7 Å². The number of nitrogens with one attached hydrogen (secondary N) is 1. The van der Waals surface area contributed by atoms with Crippen molar-refractivity contribution in [1.82, 2.24) is 15.5 Å². The van der Waals surface area contributed by atoms with Crippen molar-refractivity contribution in [2.24, 2.45) is 0 Å². The first-order chi connectivity index (χ1) is 7.86. The smallest absolute Gasteiger partial charge is 0.213 e. The Balaban J connectivity index is 1.74. The second-order valence-electron chi connectivity index (χ2n) is 3.37. The lowest BCUT2D eigenvalue weighted by molar-refractivity contribution is 0.409. The molecule has 0 aliphatic heterocycles. The Morgan fingerprint density at radius 3 is 2.94 bits per heavy atom. The number of nitrogens with zero attached hydrogens (tertiary/aromatic N) is 2. The highest BCUT2D eigenvalue weighted by Gasteiger charge is 2.00. The van der Waals surface area contributed by atoms with E-state index in [1.165, 1.54) is 12.5 Å². The molecule has 1 heterocycles. The number of benzene rings is 1. The fourth-order valence-electron chi connectivity index (χ4n) is 1.37. The average molecular weight is 221 g/mol. The van der Waals surface area contributed by atoms with Crippen LogP contribution in [0.1, 0.15) is 11.4 Å². The number of hydrogen-bond acceptors (Lipinski definition) is 4. The molecule has 0 aliphatic rings. The van der Waals surface area contributed by atoms with Crippen molar-refractivity contribution in [2.45, 2.75) is 13.0 Å². The third-order valence-electron chi connectivity index (χ3n) is 2.21. The summed E-state index contributed by atoms with van der Waals surface area (Å²) in [5.41, 5.74) is 0.663. The highest BCUT2D eigenvalue weighted by molar-refractivity contribution is 5.16. The Morgan fingerprint density at radius 1 is 1.31 bits per heavy atom. The maximum Gasteiger partial charge on any atom is 0.213 e. The highest BCUT2D eigenvalue weighted by Crippen LogP contribution is 2.05. The van der Waals surface area contributed by atoms with Crippen LogP contribution < -0.4 is 5.32 Å². The highest BCUT2D eigenvalue weighted by atomic mass is 19.1. The Morgan fingerprint density at radius 2 is 2.19 bits per heavy atom. The molecule has 0 fully saturated rings. The Bertz CT molecular complexity index is 431. The van der Waals surface area contributed by atoms with E-state index in [1.54, 1.807) is 12.1 Å². The third kappa shape index (κ3) is 2.87. The molecule has 1 aromatic heterocycles. The molecule has 16 heavy (non-hydrogen) atoms. The van der Waals surface area contributed by atoms with Gasteiger partial charge in [-0.25, -0.2) is 4.39 Å². The summed E-state index contributed by atoms with van der Waals surface area (Å²) < 4.78 is 17.8. The summed E-state index contributed by atoms with van der Waals surface area (Å²) in [5, 5.41) is 6.80. The van der Waals surface area contributed by atoms with Crippen molar-refractivity contribution in [2.75, 3.05) is 6.54 Å². The lowest BCUT2D eigenvalue weighted by Gasteiger charge is -2.04. The summed E-state index contributed by atoms with van der Waals surface area (Å²) in [6, 6.07) is 6.71. The fraction of sp³-hybridized carbons (Fsp3) is 0.273. The molecule has 4 nitrogen and oxygen atoms in total. The van der Waals surface area contributed by atoms with Gasteiger partial charge in [-0.15, -0.1) is 0 Å². The first-order valence-electron chi connectivity index (χ1n) is 5.05. The van der Waals surface area contributed by atoms with Crippen LogP contribution in [0.25, 0.3) is 0 Å². The summed E-state index contributed by atoms with van der Waals surface area (Å²) in [7, 11) is 0. The summed E-state index contributed by atoms with van der Waals surface area (Å²) in [6.45, 7) is 1.19. The summed E-state index contributed by atoms with van der Waals surface area (Å²) in [5.74, 6) is 0.468. The summed E-state index contributed by atoms with van der Waals surface area (Å²) >= 11 is 0. The van der Waals surface area contributed by atoms with Gasteiger partial charge in [0.25, 0.3) is 0 Å². The van der Waals surface area contributed by atoms with Crippen LogP contribution in [0.4, 0.5) is 4.39 Å². The quantitative estimate of drug-likeness (QED) is 0.778. The summed E-state index contributed by atoms with van der Waals surface area (Å²) in [6.07, 6.45) is 1.97. The number of hydrogen-bond donors (Lipinski definition) is 1. The van der Waals surface area contributed by atoms with Crippen LogP contribution in [0, 0.1) is 5.82 Å². The zero-order valence-electron chi connectivity index (χ0n) is 8.69. The molecule has 0 bridgehead atoms. The Kier molecular flexibility index (Phi) is 3.61. The zero-order valence-corrected chi connectivity index (χ0v) is 8.69. The van der Waals surface area contributed by atoms with Crippen LogP contribution in [0.3, 0.4) is 0 Å². The molecule has 2 aromatic rings. The van der Waals surface area contributed by atoms with E-state index in [0.29, 0.717) is 30.9 Å². The van der Waals surface area contributed by atoms with Gasteiger partial charge in [-0.3, -0.25) is 0 Å². The van der Waals surface area contributed by atoms with Crippen molar-refractivity contribution in [3.8, 4) is 0 Å². The minimum atomic E-state index is -0.186. The van der Waals surface area contributed by atoms with Gasteiger partial charge in [0.1, 0.15) is 5.82 Å². The molecule has 0 saturated heterocycles. The Labute approximate surface area is 92.5 Å². The van der Waals surface area contributed by atoms with Crippen LogP contribution in [0.2, 0.25) is 0 Å². The molecule has 0 atom stereocenters. The zero-order chi connectivity index (χ0) is 11.2.